The lowest BCUT2D eigenvalue weighted by Gasteiger charge is -2.26. The van der Waals surface area contributed by atoms with E-state index in [9.17, 15) is 4.79 Å². The third-order valence-corrected chi connectivity index (χ3v) is 2.95. The van der Waals surface area contributed by atoms with Crippen LogP contribution in [0.1, 0.15) is 34.1 Å². The molecule has 1 rings (SSSR count). The van der Waals surface area contributed by atoms with Crippen molar-refractivity contribution in [3.05, 3.63) is 22.8 Å². The molecule has 1 aromatic rings. The number of ether oxygens (including phenoxy) is 2. The molecule has 6 heteroatoms. The summed E-state index contributed by atoms with van der Waals surface area (Å²) >= 11 is 3.34. The smallest absolute Gasteiger partial charge is 0.416 e. The van der Waals surface area contributed by atoms with E-state index in [1.54, 1.807) is 12.3 Å². The molecule has 0 radical (unpaired) electrons. The van der Waals surface area contributed by atoms with Crippen LogP contribution in [0.25, 0.3) is 0 Å². The standard InChI is InChI=1S/C15H23BrN2O3/c1-5-20-10-6-9-18(14(19)21-15(2,3)4)13-8-7-12(16)11-17-13/h7-8,11H,5-6,9-10H2,1-4H3. The Bertz CT molecular complexity index is 443. The van der Waals surface area contributed by atoms with E-state index in [0.29, 0.717) is 25.6 Å². The Balaban J connectivity index is 2.78. The lowest BCUT2D eigenvalue weighted by Crippen LogP contribution is -2.38. The van der Waals surface area contributed by atoms with Crippen molar-refractivity contribution in [3.63, 3.8) is 0 Å². The summed E-state index contributed by atoms with van der Waals surface area (Å²) < 4.78 is 11.6. The van der Waals surface area contributed by atoms with E-state index in [-0.39, 0.29) is 0 Å². The quantitative estimate of drug-likeness (QED) is 0.720. The molecule has 0 saturated carbocycles. The van der Waals surface area contributed by atoms with Crippen LogP contribution >= 0.6 is 15.9 Å². The van der Waals surface area contributed by atoms with Gasteiger partial charge in [-0.05, 0) is 62.2 Å². The summed E-state index contributed by atoms with van der Waals surface area (Å²) in [7, 11) is 0. The number of aromatic nitrogens is 1. The van der Waals surface area contributed by atoms with E-state index < -0.39 is 11.7 Å². The van der Waals surface area contributed by atoms with E-state index in [4.69, 9.17) is 9.47 Å². The number of halogens is 1. The van der Waals surface area contributed by atoms with Gasteiger partial charge in [0.25, 0.3) is 0 Å². The summed E-state index contributed by atoms with van der Waals surface area (Å²) in [5.74, 6) is 0.573. The second kappa shape index (κ2) is 8.34. The number of rotatable bonds is 6. The van der Waals surface area contributed by atoms with Crippen LogP contribution in [0.2, 0.25) is 0 Å². The fourth-order valence-electron chi connectivity index (χ4n) is 1.61. The first-order valence-corrected chi connectivity index (χ1v) is 7.82. The third-order valence-electron chi connectivity index (χ3n) is 2.48. The molecule has 0 aromatic carbocycles. The molecule has 0 fully saturated rings. The highest BCUT2D eigenvalue weighted by Gasteiger charge is 2.23. The van der Waals surface area contributed by atoms with Gasteiger partial charge in [0.05, 0.1) is 0 Å². The van der Waals surface area contributed by atoms with E-state index in [2.05, 4.69) is 20.9 Å². The zero-order valence-electron chi connectivity index (χ0n) is 13.1. The van der Waals surface area contributed by atoms with Crippen LogP contribution in [0.3, 0.4) is 0 Å². The number of pyridine rings is 1. The van der Waals surface area contributed by atoms with Crippen molar-refractivity contribution >= 4 is 27.8 Å². The normalized spacial score (nSPS) is 11.3. The number of carbonyl (C=O) groups excluding carboxylic acids is 1. The molecule has 0 aliphatic rings. The van der Waals surface area contributed by atoms with Crippen molar-refractivity contribution in [3.8, 4) is 0 Å². The van der Waals surface area contributed by atoms with Crippen LogP contribution in [0, 0.1) is 0 Å². The van der Waals surface area contributed by atoms with Crippen molar-refractivity contribution in [2.75, 3.05) is 24.7 Å². The molecule has 0 spiro atoms. The molecule has 0 saturated heterocycles. The average molecular weight is 359 g/mol. The van der Waals surface area contributed by atoms with Gasteiger partial charge in [0.1, 0.15) is 11.4 Å². The topological polar surface area (TPSA) is 51.7 Å². The first kappa shape index (κ1) is 17.9. The molecule has 5 nitrogen and oxygen atoms in total. The van der Waals surface area contributed by atoms with Gasteiger partial charge < -0.3 is 9.47 Å². The molecule has 118 valence electrons. The molecular formula is C15H23BrN2O3. The molecule has 0 N–H and O–H groups in total. The Morgan fingerprint density at radius 2 is 2.10 bits per heavy atom. The van der Waals surface area contributed by atoms with Crippen LogP contribution in [0.4, 0.5) is 10.6 Å². The number of anilines is 1. The maximum Gasteiger partial charge on any atom is 0.416 e. The fraction of sp³-hybridized carbons (Fsp3) is 0.600. The lowest BCUT2D eigenvalue weighted by atomic mass is 10.2. The van der Waals surface area contributed by atoms with Crippen molar-refractivity contribution in [2.24, 2.45) is 0 Å². The second-order valence-electron chi connectivity index (χ2n) is 5.52. The van der Waals surface area contributed by atoms with Crippen molar-refractivity contribution in [2.45, 2.75) is 39.7 Å². The van der Waals surface area contributed by atoms with E-state index in [1.807, 2.05) is 33.8 Å². The van der Waals surface area contributed by atoms with Gasteiger partial charge >= 0.3 is 6.09 Å². The Morgan fingerprint density at radius 1 is 1.38 bits per heavy atom. The third kappa shape index (κ3) is 6.91. The Morgan fingerprint density at radius 3 is 2.62 bits per heavy atom. The number of hydrogen-bond donors (Lipinski definition) is 0. The van der Waals surface area contributed by atoms with Crippen LogP contribution in [0.15, 0.2) is 22.8 Å². The predicted octanol–water partition coefficient (Wildman–Crippen LogP) is 4.01. The number of amides is 1. The van der Waals surface area contributed by atoms with Gasteiger partial charge in [0.2, 0.25) is 0 Å². The largest absolute Gasteiger partial charge is 0.443 e. The fourth-order valence-corrected chi connectivity index (χ4v) is 1.85. The summed E-state index contributed by atoms with van der Waals surface area (Å²) in [6.45, 7) is 9.26. The highest BCUT2D eigenvalue weighted by molar-refractivity contribution is 9.10. The van der Waals surface area contributed by atoms with Crippen LogP contribution < -0.4 is 4.90 Å². The summed E-state index contributed by atoms with van der Waals surface area (Å²) in [5.41, 5.74) is -0.537. The molecule has 21 heavy (non-hydrogen) atoms. The van der Waals surface area contributed by atoms with Gasteiger partial charge in [-0.2, -0.15) is 0 Å². The van der Waals surface area contributed by atoms with E-state index >= 15 is 0 Å². The minimum Gasteiger partial charge on any atom is -0.443 e. The van der Waals surface area contributed by atoms with Crippen LogP contribution in [0.5, 0.6) is 0 Å². The van der Waals surface area contributed by atoms with Crippen molar-refractivity contribution in [1.82, 2.24) is 4.98 Å². The first-order chi connectivity index (χ1) is 9.83. The highest BCUT2D eigenvalue weighted by atomic mass is 79.9. The summed E-state index contributed by atoms with van der Waals surface area (Å²) in [4.78, 5) is 18.1. The molecule has 0 aliphatic carbocycles. The molecule has 1 aromatic heterocycles. The maximum absolute atomic E-state index is 12.3. The monoisotopic (exact) mass is 358 g/mol. The maximum atomic E-state index is 12.3. The minimum atomic E-state index is -0.537. The first-order valence-electron chi connectivity index (χ1n) is 7.03. The Kier molecular flexibility index (Phi) is 7.11. The summed E-state index contributed by atoms with van der Waals surface area (Å²) in [6, 6.07) is 3.64. The highest BCUT2D eigenvalue weighted by Crippen LogP contribution is 2.18. The van der Waals surface area contributed by atoms with Gasteiger partial charge in [-0.15, -0.1) is 0 Å². The summed E-state index contributed by atoms with van der Waals surface area (Å²) in [6.07, 6.45) is 1.99. The van der Waals surface area contributed by atoms with E-state index in [1.165, 1.54) is 4.90 Å². The van der Waals surface area contributed by atoms with Gasteiger partial charge in [0.15, 0.2) is 0 Å². The Hall–Kier alpha value is -1.14. The van der Waals surface area contributed by atoms with Crippen molar-refractivity contribution in [1.29, 1.82) is 0 Å². The second-order valence-corrected chi connectivity index (χ2v) is 6.43. The molecule has 0 bridgehead atoms. The van der Waals surface area contributed by atoms with Crippen LogP contribution in [-0.2, 0) is 9.47 Å². The van der Waals surface area contributed by atoms with Gasteiger partial charge in [0, 0.05) is 30.4 Å². The predicted molar refractivity (Wildman–Crippen MR) is 86.6 cm³/mol. The molecule has 1 amide bonds. The molecule has 0 atom stereocenters. The minimum absolute atomic E-state index is 0.395. The number of hydrogen-bond acceptors (Lipinski definition) is 4. The van der Waals surface area contributed by atoms with Gasteiger partial charge in [-0.1, -0.05) is 0 Å². The molecule has 1 heterocycles. The van der Waals surface area contributed by atoms with E-state index in [0.717, 1.165) is 10.9 Å². The SMILES string of the molecule is CCOCCCN(C(=O)OC(C)(C)C)c1ccc(Br)cn1. The molecular weight excluding hydrogens is 336 g/mol. The zero-order chi connectivity index (χ0) is 15.9. The zero-order valence-corrected chi connectivity index (χ0v) is 14.6. The molecule has 0 unspecified atom stereocenters. The average Bonchev–Trinajstić information content (AvgIpc) is 2.38. The van der Waals surface area contributed by atoms with Gasteiger partial charge in [-0.3, -0.25) is 4.90 Å². The number of nitrogens with zero attached hydrogens (tertiary/aromatic N) is 2. The lowest BCUT2D eigenvalue weighted by molar-refractivity contribution is 0.0574. The van der Waals surface area contributed by atoms with Crippen molar-refractivity contribution < 1.29 is 14.3 Å². The molecule has 0 aliphatic heterocycles. The summed E-state index contributed by atoms with van der Waals surface area (Å²) in [5, 5.41) is 0. The number of carbonyl (C=O) groups is 1. The van der Waals surface area contributed by atoms with Crippen LogP contribution in [-0.4, -0.2) is 36.4 Å². The van der Waals surface area contributed by atoms with Gasteiger partial charge in [-0.25, -0.2) is 9.78 Å². The Labute approximate surface area is 134 Å².